The highest BCUT2D eigenvalue weighted by Crippen LogP contribution is 2.05. The third kappa shape index (κ3) is 13.1. The molecule has 194 valence electrons. The molecule has 0 rings (SSSR count). The first kappa shape index (κ1) is 31.3. The zero-order valence-corrected chi connectivity index (χ0v) is 20.4. The molecule has 14 nitrogen and oxygen atoms in total. The third-order valence-electron chi connectivity index (χ3n) is 4.35. The van der Waals surface area contributed by atoms with Crippen molar-refractivity contribution in [1.29, 1.82) is 0 Å². The monoisotopic (exact) mass is 523 g/mol. The van der Waals surface area contributed by atoms with E-state index in [4.69, 9.17) is 22.3 Å². The number of carboxylic acid groups (broad SMARTS) is 2. The molecule has 0 saturated heterocycles. The van der Waals surface area contributed by atoms with Gasteiger partial charge in [-0.3, -0.25) is 24.2 Å². The lowest BCUT2D eigenvalue weighted by molar-refractivity contribution is -0.142. The second-order valence-electron chi connectivity index (χ2n) is 7.14. The number of nitrogens with zero attached hydrogens (tertiary/aromatic N) is 1. The van der Waals surface area contributed by atoms with E-state index in [-0.39, 0.29) is 37.5 Å². The quantitative estimate of drug-likeness (QED) is 0.0403. The Balaban J connectivity index is 5.38. The Morgan fingerprint density at radius 2 is 1.50 bits per heavy atom. The van der Waals surface area contributed by atoms with Crippen LogP contribution in [-0.4, -0.2) is 94.3 Å². The van der Waals surface area contributed by atoms with Crippen molar-refractivity contribution in [3.63, 3.8) is 0 Å². The first-order valence-corrected chi connectivity index (χ1v) is 12.2. The first-order valence-electron chi connectivity index (χ1n) is 10.2. The van der Waals surface area contributed by atoms with Gasteiger partial charge in [-0.15, -0.1) is 0 Å². The number of aliphatic imine (C=N–C) groups is 1. The molecule has 0 saturated carbocycles. The number of amides is 3. The molecule has 0 fully saturated rings. The van der Waals surface area contributed by atoms with E-state index >= 15 is 0 Å². The molecule has 0 radical (unpaired) electrons. The molecular weight excluding hydrogens is 490 g/mol. The van der Waals surface area contributed by atoms with E-state index in [1.54, 1.807) is 6.26 Å². The van der Waals surface area contributed by atoms with E-state index in [1.165, 1.54) is 11.8 Å². The number of hydrogen-bond donors (Lipinski definition) is 9. The van der Waals surface area contributed by atoms with Crippen LogP contribution in [0.15, 0.2) is 4.99 Å². The van der Waals surface area contributed by atoms with Crippen molar-refractivity contribution in [1.82, 2.24) is 16.0 Å². The van der Waals surface area contributed by atoms with Crippen molar-refractivity contribution in [3.05, 3.63) is 0 Å². The van der Waals surface area contributed by atoms with Crippen LogP contribution in [0.1, 0.15) is 25.7 Å². The van der Waals surface area contributed by atoms with E-state index in [0.717, 1.165) is 0 Å². The maximum atomic E-state index is 12.8. The van der Waals surface area contributed by atoms with Crippen LogP contribution in [0.4, 0.5) is 0 Å². The maximum absolute atomic E-state index is 12.8. The topological polar surface area (TPSA) is 252 Å². The molecule has 0 aromatic heterocycles. The number of nitrogens with one attached hydrogen (secondary N) is 3. The van der Waals surface area contributed by atoms with Gasteiger partial charge in [-0.25, -0.2) is 4.79 Å². The highest BCUT2D eigenvalue weighted by atomic mass is 32.2. The molecule has 0 aliphatic rings. The zero-order chi connectivity index (χ0) is 26.3. The van der Waals surface area contributed by atoms with Crippen LogP contribution in [0, 0.1) is 0 Å². The van der Waals surface area contributed by atoms with Crippen molar-refractivity contribution in [2.24, 2.45) is 22.2 Å². The predicted molar refractivity (Wildman–Crippen MR) is 130 cm³/mol. The average molecular weight is 524 g/mol. The molecule has 0 heterocycles. The zero-order valence-electron chi connectivity index (χ0n) is 18.7. The van der Waals surface area contributed by atoms with Gasteiger partial charge in [0.2, 0.25) is 17.7 Å². The summed E-state index contributed by atoms with van der Waals surface area (Å²) < 4.78 is 0. The number of aliphatic carboxylic acids is 2. The van der Waals surface area contributed by atoms with Crippen LogP contribution in [0.5, 0.6) is 0 Å². The summed E-state index contributed by atoms with van der Waals surface area (Å²) in [6, 6.07) is -4.94. The smallest absolute Gasteiger partial charge is 0.326 e. The summed E-state index contributed by atoms with van der Waals surface area (Å²) in [5.74, 6) is -4.75. The summed E-state index contributed by atoms with van der Waals surface area (Å²) in [4.78, 5) is 63.5. The number of carboxylic acids is 2. The first-order chi connectivity index (χ1) is 15.9. The third-order valence-corrected chi connectivity index (χ3v) is 5.36. The Bertz CT molecular complexity index is 750. The Kier molecular flexibility index (Phi) is 15.5. The standard InChI is InChI=1S/C18H33N7O7S2/c1-34-6-4-11(17(31)32)24-15(29)10(3-2-5-22-18(20)21)23-16(30)12(8-33)25-14(28)9(19)7-13(26)27/h9-12,33H,2-8,19H2,1H3,(H,23,30)(H,24,29)(H,25,28)(H,26,27)(H,31,32)(H4,20,21,22). The van der Waals surface area contributed by atoms with Crippen LogP contribution < -0.4 is 33.2 Å². The molecule has 0 aliphatic carbocycles. The van der Waals surface area contributed by atoms with Crippen LogP contribution in [0.25, 0.3) is 0 Å². The Morgan fingerprint density at radius 1 is 0.941 bits per heavy atom. The van der Waals surface area contributed by atoms with Gasteiger partial charge in [0.25, 0.3) is 0 Å². The van der Waals surface area contributed by atoms with Crippen molar-refractivity contribution in [2.45, 2.75) is 49.9 Å². The summed E-state index contributed by atoms with van der Waals surface area (Å²) in [6.45, 7) is 0.160. The molecule has 0 aromatic rings. The fourth-order valence-electron chi connectivity index (χ4n) is 2.56. The van der Waals surface area contributed by atoms with E-state index in [0.29, 0.717) is 5.75 Å². The van der Waals surface area contributed by atoms with Gasteiger partial charge in [0, 0.05) is 12.3 Å². The fourth-order valence-corrected chi connectivity index (χ4v) is 3.29. The summed E-state index contributed by atoms with van der Waals surface area (Å²) in [5.41, 5.74) is 16.0. The number of guanidine groups is 1. The second kappa shape index (κ2) is 16.8. The van der Waals surface area contributed by atoms with Crippen LogP contribution in [-0.2, 0) is 24.0 Å². The van der Waals surface area contributed by atoms with E-state index in [1.807, 2.05) is 0 Å². The minimum absolute atomic E-state index is 0.0645. The minimum atomic E-state index is -1.39. The van der Waals surface area contributed by atoms with Gasteiger partial charge in [-0.05, 0) is 31.3 Å². The number of thiol groups is 1. The number of carbonyl (C=O) groups is 5. The molecule has 16 heteroatoms. The Hall–Kier alpha value is -2.72. The summed E-state index contributed by atoms with van der Waals surface area (Å²) in [6.07, 6.45) is 1.67. The number of thioether (sulfide) groups is 1. The SMILES string of the molecule is CSCCC(NC(=O)C(CCCN=C(N)N)NC(=O)C(CS)NC(=O)C(N)CC(=O)O)C(=O)O. The Labute approximate surface area is 206 Å². The maximum Gasteiger partial charge on any atom is 0.326 e. The van der Waals surface area contributed by atoms with Crippen molar-refractivity contribution >= 4 is 60.0 Å². The number of carbonyl (C=O) groups excluding carboxylic acids is 3. The van der Waals surface area contributed by atoms with Gasteiger partial charge < -0.3 is 43.4 Å². The van der Waals surface area contributed by atoms with Crippen molar-refractivity contribution in [2.75, 3.05) is 24.3 Å². The van der Waals surface area contributed by atoms with E-state index < -0.39 is 60.2 Å². The molecular formula is C18H33N7O7S2. The summed E-state index contributed by atoms with van der Waals surface area (Å²) >= 11 is 5.43. The van der Waals surface area contributed by atoms with Crippen molar-refractivity contribution in [3.8, 4) is 0 Å². The highest BCUT2D eigenvalue weighted by molar-refractivity contribution is 7.98. The van der Waals surface area contributed by atoms with Gasteiger partial charge in [0.05, 0.1) is 12.5 Å². The van der Waals surface area contributed by atoms with Crippen molar-refractivity contribution < 1.29 is 34.2 Å². The molecule has 4 atom stereocenters. The molecule has 4 unspecified atom stereocenters. The minimum Gasteiger partial charge on any atom is -0.481 e. The normalized spacial score (nSPS) is 14.1. The molecule has 0 bridgehead atoms. The summed E-state index contributed by atoms with van der Waals surface area (Å²) in [7, 11) is 0. The van der Waals surface area contributed by atoms with Crippen LogP contribution >= 0.6 is 24.4 Å². The fraction of sp³-hybridized carbons (Fsp3) is 0.667. The molecule has 0 spiro atoms. The summed E-state index contributed by atoms with van der Waals surface area (Å²) in [5, 5.41) is 25.3. The highest BCUT2D eigenvalue weighted by Gasteiger charge is 2.29. The molecule has 0 aliphatic heterocycles. The van der Waals surface area contributed by atoms with Crippen LogP contribution in [0.3, 0.4) is 0 Å². The molecule has 0 aromatic carbocycles. The van der Waals surface area contributed by atoms with Gasteiger partial charge in [-0.1, -0.05) is 0 Å². The van der Waals surface area contributed by atoms with E-state index in [9.17, 15) is 29.1 Å². The average Bonchev–Trinajstić information content (AvgIpc) is 2.75. The largest absolute Gasteiger partial charge is 0.481 e. The second-order valence-corrected chi connectivity index (χ2v) is 8.49. The lowest BCUT2D eigenvalue weighted by atomic mass is 10.1. The number of hydrogen-bond acceptors (Lipinski definition) is 9. The van der Waals surface area contributed by atoms with E-state index in [2.05, 4.69) is 33.6 Å². The van der Waals surface area contributed by atoms with Gasteiger partial charge in [-0.2, -0.15) is 24.4 Å². The van der Waals surface area contributed by atoms with Crippen LogP contribution in [0.2, 0.25) is 0 Å². The number of rotatable bonds is 17. The number of nitrogens with two attached hydrogens (primary N) is 3. The van der Waals surface area contributed by atoms with Gasteiger partial charge in [0.1, 0.15) is 18.1 Å². The molecule has 3 amide bonds. The Morgan fingerprint density at radius 3 is 2.00 bits per heavy atom. The molecule has 34 heavy (non-hydrogen) atoms. The van der Waals surface area contributed by atoms with Gasteiger partial charge >= 0.3 is 11.9 Å². The lowest BCUT2D eigenvalue weighted by Crippen LogP contribution is -2.57. The predicted octanol–water partition coefficient (Wildman–Crippen LogP) is -2.94. The van der Waals surface area contributed by atoms with Gasteiger partial charge in [0.15, 0.2) is 5.96 Å². The lowest BCUT2D eigenvalue weighted by Gasteiger charge is -2.24. The molecule has 11 N–H and O–H groups in total.